The van der Waals surface area contributed by atoms with E-state index in [9.17, 15) is 4.79 Å². The second kappa shape index (κ2) is 5.02. The first-order chi connectivity index (χ1) is 6.27. The minimum absolute atomic E-state index is 0.129. The molecule has 1 atom stereocenters. The predicted molar refractivity (Wildman–Crippen MR) is 49.4 cm³/mol. The van der Waals surface area contributed by atoms with Crippen molar-refractivity contribution >= 4 is 5.97 Å². The van der Waals surface area contributed by atoms with Gasteiger partial charge in [0.15, 0.2) is 0 Å². The van der Waals surface area contributed by atoms with Crippen LogP contribution < -0.4 is 0 Å². The molecule has 1 aliphatic rings. The molecular weight excluding hydrogens is 168 g/mol. The highest BCUT2D eigenvalue weighted by molar-refractivity contribution is 5.83. The largest absolute Gasteiger partial charge is 0.463 e. The van der Waals surface area contributed by atoms with E-state index in [1.165, 1.54) is 0 Å². The van der Waals surface area contributed by atoms with Crippen molar-refractivity contribution in [2.75, 3.05) is 13.7 Å². The van der Waals surface area contributed by atoms with Gasteiger partial charge in [-0.3, -0.25) is 0 Å². The minimum atomic E-state index is -0.249. The maximum atomic E-state index is 11.1. The van der Waals surface area contributed by atoms with Crippen LogP contribution in [-0.2, 0) is 14.3 Å². The summed E-state index contributed by atoms with van der Waals surface area (Å²) in [5.74, 6) is -0.249. The summed E-state index contributed by atoms with van der Waals surface area (Å²) >= 11 is 0. The normalized spacial score (nSPS) is 25.1. The Morgan fingerprint density at radius 3 is 3.08 bits per heavy atom. The molecule has 1 unspecified atom stereocenters. The molecule has 0 aromatic rings. The van der Waals surface area contributed by atoms with Crippen LogP contribution in [0.3, 0.4) is 0 Å². The Kier molecular flexibility index (Phi) is 3.96. The third kappa shape index (κ3) is 2.84. The number of esters is 1. The van der Waals surface area contributed by atoms with E-state index >= 15 is 0 Å². The molecule has 3 nitrogen and oxygen atoms in total. The van der Waals surface area contributed by atoms with Gasteiger partial charge in [0, 0.05) is 13.2 Å². The number of rotatable bonds is 3. The molecule has 0 saturated heterocycles. The molecule has 1 fully saturated rings. The Morgan fingerprint density at radius 2 is 2.46 bits per heavy atom. The zero-order valence-corrected chi connectivity index (χ0v) is 8.21. The van der Waals surface area contributed by atoms with Crippen LogP contribution in [0.4, 0.5) is 0 Å². The van der Waals surface area contributed by atoms with Gasteiger partial charge >= 0.3 is 5.97 Å². The van der Waals surface area contributed by atoms with Crippen molar-refractivity contribution in [1.29, 1.82) is 0 Å². The van der Waals surface area contributed by atoms with Gasteiger partial charge in [-0.15, -0.1) is 0 Å². The van der Waals surface area contributed by atoms with Gasteiger partial charge in [-0.05, 0) is 31.8 Å². The number of carbonyl (C=O) groups is 1. The molecule has 0 amide bonds. The zero-order chi connectivity index (χ0) is 9.68. The van der Waals surface area contributed by atoms with E-state index in [2.05, 4.69) is 0 Å². The molecule has 13 heavy (non-hydrogen) atoms. The average molecular weight is 184 g/mol. The first-order valence-corrected chi connectivity index (χ1v) is 4.68. The van der Waals surface area contributed by atoms with E-state index in [0.717, 1.165) is 24.8 Å². The summed E-state index contributed by atoms with van der Waals surface area (Å²) in [7, 11) is 1.68. The van der Waals surface area contributed by atoms with E-state index < -0.39 is 0 Å². The molecule has 0 heterocycles. The third-order valence-corrected chi connectivity index (χ3v) is 2.22. The first-order valence-electron chi connectivity index (χ1n) is 4.68. The van der Waals surface area contributed by atoms with Crippen molar-refractivity contribution in [3.63, 3.8) is 0 Å². The number of ether oxygens (including phenoxy) is 2. The monoisotopic (exact) mass is 184 g/mol. The van der Waals surface area contributed by atoms with Crippen LogP contribution in [0, 0.1) is 0 Å². The van der Waals surface area contributed by atoms with Gasteiger partial charge in [0.25, 0.3) is 0 Å². The van der Waals surface area contributed by atoms with E-state index in [1.807, 2.05) is 0 Å². The summed E-state index contributed by atoms with van der Waals surface area (Å²) in [6, 6.07) is 0. The van der Waals surface area contributed by atoms with Gasteiger partial charge in [0.1, 0.15) is 0 Å². The molecule has 0 aromatic carbocycles. The Labute approximate surface area is 78.7 Å². The molecule has 1 saturated carbocycles. The van der Waals surface area contributed by atoms with Crippen molar-refractivity contribution in [3.8, 4) is 0 Å². The molecule has 0 bridgehead atoms. The molecular formula is C10H16O3. The Bertz CT molecular complexity index is 208. The van der Waals surface area contributed by atoms with Gasteiger partial charge in [-0.25, -0.2) is 4.79 Å². The maximum absolute atomic E-state index is 11.1. The summed E-state index contributed by atoms with van der Waals surface area (Å²) < 4.78 is 10.1. The lowest BCUT2D eigenvalue weighted by Crippen LogP contribution is -2.09. The maximum Gasteiger partial charge on any atom is 0.330 e. The highest BCUT2D eigenvalue weighted by Crippen LogP contribution is 2.26. The SMILES string of the molecule is CCOC(=O)/C=C1/CCCC1OC. The van der Waals surface area contributed by atoms with Crippen LogP contribution in [0.1, 0.15) is 26.2 Å². The fourth-order valence-corrected chi connectivity index (χ4v) is 1.61. The molecule has 0 aromatic heterocycles. The fourth-order valence-electron chi connectivity index (χ4n) is 1.61. The van der Waals surface area contributed by atoms with Gasteiger partial charge in [-0.1, -0.05) is 0 Å². The number of methoxy groups -OCH3 is 1. The standard InChI is InChI=1S/C10H16O3/c1-3-13-10(11)7-8-5-4-6-9(8)12-2/h7,9H,3-6H2,1-2H3/b8-7-. The molecule has 1 rings (SSSR count). The molecule has 0 spiro atoms. The van der Waals surface area contributed by atoms with Crippen LogP contribution in [0.5, 0.6) is 0 Å². The van der Waals surface area contributed by atoms with Crippen LogP contribution in [-0.4, -0.2) is 25.8 Å². The quantitative estimate of drug-likeness (QED) is 0.494. The lowest BCUT2D eigenvalue weighted by atomic mass is 10.2. The number of hydrogen-bond donors (Lipinski definition) is 0. The van der Waals surface area contributed by atoms with Gasteiger partial charge in [-0.2, -0.15) is 0 Å². The molecule has 0 N–H and O–H groups in total. The highest BCUT2D eigenvalue weighted by atomic mass is 16.5. The number of hydrogen-bond acceptors (Lipinski definition) is 3. The third-order valence-electron chi connectivity index (χ3n) is 2.22. The molecule has 0 aliphatic heterocycles. The van der Waals surface area contributed by atoms with E-state index in [4.69, 9.17) is 9.47 Å². The topological polar surface area (TPSA) is 35.5 Å². The molecule has 74 valence electrons. The highest BCUT2D eigenvalue weighted by Gasteiger charge is 2.21. The summed E-state index contributed by atoms with van der Waals surface area (Å²) in [4.78, 5) is 11.1. The Hall–Kier alpha value is -0.830. The Balaban J connectivity index is 2.53. The van der Waals surface area contributed by atoms with E-state index in [1.54, 1.807) is 20.1 Å². The molecule has 1 aliphatic carbocycles. The van der Waals surface area contributed by atoms with E-state index in [0.29, 0.717) is 6.61 Å². The predicted octanol–water partition coefficient (Wildman–Crippen LogP) is 1.67. The molecule has 0 radical (unpaired) electrons. The van der Waals surface area contributed by atoms with Crippen LogP contribution in [0.2, 0.25) is 0 Å². The number of carbonyl (C=O) groups excluding carboxylic acids is 1. The molecule has 3 heteroatoms. The smallest absolute Gasteiger partial charge is 0.330 e. The van der Waals surface area contributed by atoms with E-state index in [-0.39, 0.29) is 12.1 Å². The van der Waals surface area contributed by atoms with Gasteiger partial charge < -0.3 is 9.47 Å². The summed E-state index contributed by atoms with van der Waals surface area (Å²) in [5, 5.41) is 0. The summed E-state index contributed by atoms with van der Waals surface area (Å²) in [6.45, 7) is 2.24. The van der Waals surface area contributed by atoms with Crippen LogP contribution >= 0.6 is 0 Å². The van der Waals surface area contributed by atoms with Crippen molar-refractivity contribution in [1.82, 2.24) is 0 Å². The van der Waals surface area contributed by atoms with Crippen molar-refractivity contribution in [3.05, 3.63) is 11.6 Å². The zero-order valence-electron chi connectivity index (χ0n) is 8.21. The van der Waals surface area contributed by atoms with Crippen molar-refractivity contribution in [2.24, 2.45) is 0 Å². The van der Waals surface area contributed by atoms with Gasteiger partial charge in [0.05, 0.1) is 12.7 Å². The first kappa shape index (κ1) is 10.3. The summed E-state index contributed by atoms with van der Waals surface area (Å²) in [5.41, 5.74) is 1.07. The second-order valence-corrected chi connectivity index (χ2v) is 3.09. The second-order valence-electron chi connectivity index (χ2n) is 3.09. The van der Waals surface area contributed by atoms with Crippen LogP contribution in [0.25, 0.3) is 0 Å². The van der Waals surface area contributed by atoms with Crippen molar-refractivity contribution < 1.29 is 14.3 Å². The van der Waals surface area contributed by atoms with Crippen molar-refractivity contribution in [2.45, 2.75) is 32.3 Å². The average Bonchev–Trinajstić information content (AvgIpc) is 2.52. The summed E-state index contributed by atoms with van der Waals surface area (Å²) in [6.07, 6.45) is 4.78. The van der Waals surface area contributed by atoms with Gasteiger partial charge in [0.2, 0.25) is 0 Å². The lowest BCUT2D eigenvalue weighted by Gasteiger charge is -2.08. The van der Waals surface area contributed by atoms with Crippen LogP contribution in [0.15, 0.2) is 11.6 Å². The fraction of sp³-hybridized carbons (Fsp3) is 0.700. The minimum Gasteiger partial charge on any atom is -0.463 e. The lowest BCUT2D eigenvalue weighted by molar-refractivity contribution is -0.137. The Morgan fingerprint density at radius 1 is 1.69 bits per heavy atom.